The van der Waals surface area contributed by atoms with E-state index in [4.69, 9.17) is 9.63 Å². The summed E-state index contributed by atoms with van der Waals surface area (Å²) in [5, 5.41) is 13.0. The minimum Gasteiger partial charge on any atom is -0.478 e. The van der Waals surface area contributed by atoms with Gasteiger partial charge in [-0.25, -0.2) is 4.79 Å². The molecule has 1 aromatic carbocycles. The number of aromatic carboxylic acids is 1. The van der Waals surface area contributed by atoms with Crippen LogP contribution in [0, 0.1) is 0 Å². The smallest absolute Gasteiger partial charge is 0.335 e. The molecule has 1 atom stereocenters. The number of nitrogens with zero attached hydrogens (tertiary/aromatic N) is 3. The Hall–Kier alpha value is -1.86. The van der Waals surface area contributed by atoms with E-state index in [0.717, 1.165) is 37.5 Å². The Morgan fingerprint density at radius 2 is 2.21 bits per heavy atom. The van der Waals surface area contributed by atoms with Crippen LogP contribution >= 0.6 is 11.8 Å². The second-order valence-corrected chi connectivity index (χ2v) is 6.90. The summed E-state index contributed by atoms with van der Waals surface area (Å²) in [5.74, 6) is 1.71. The first-order valence-electron chi connectivity index (χ1n) is 8.01. The highest BCUT2D eigenvalue weighted by Gasteiger charge is 2.23. The van der Waals surface area contributed by atoms with Gasteiger partial charge in [0.1, 0.15) is 0 Å². The Labute approximate surface area is 145 Å². The van der Waals surface area contributed by atoms with Crippen molar-refractivity contribution in [1.82, 2.24) is 15.0 Å². The van der Waals surface area contributed by atoms with Crippen LogP contribution in [0.2, 0.25) is 0 Å². The van der Waals surface area contributed by atoms with E-state index in [1.54, 1.807) is 23.9 Å². The number of carboxylic acid groups (broad SMARTS) is 1. The van der Waals surface area contributed by atoms with Crippen molar-refractivity contribution in [2.24, 2.45) is 0 Å². The number of hydrogen-bond donors (Lipinski definition) is 1. The predicted octanol–water partition coefficient (Wildman–Crippen LogP) is 3.01. The van der Waals surface area contributed by atoms with Gasteiger partial charge in [0.15, 0.2) is 5.82 Å². The summed E-state index contributed by atoms with van der Waals surface area (Å²) in [6, 6.07) is 7.23. The van der Waals surface area contributed by atoms with Crippen molar-refractivity contribution in [2.75, 3.05) is 19.3 Å². The summed E-state index contributed by atoms with van der Waals surface area (Å²) in [7, 11) is 0. The molecule has 128 valence electrons. The van der Waals surface area contributed by atoms with Crippen LogP contribution in [0.4, 0.5) is 0 Å². The zero-order valence-corrected chi connectivity index (χ0v) is 14.5. The van der Waals surface area contributed by atoms with Crippen molar-refractivity contribution in [1.29, 1.82) is 0 Å². The molecule has 2 heterocycles. The van der Waals surface area contributed by atoms with E-state index in [-0.39, 0.29) is 0 Å². The van der Waals surface area contributed by atoms with Crippen LogP contribution in [0.3, 0.4) is 0 Å². The van der Waals surface area contributed by atoms with Gasteiger partial charge in [0.05, 0.1) is 17.9 Å². The third-order valence-electron chi connectivity index (χ3n) is 4.28. The summed E-state index contributed by atoms with van der Waals surface area (Å²) in [6.45, 7) is 2.61. The lowest BCUT2D eigenvalue weighted by atomic mass is 9.90. The first kappa shape index (κ1) is 17.0. The predicted molar refractivity (Wildman–Crippen MR) is 92.2 cm³/mol. The van der Waals surface area contributed by atoms with Gasteiger partial charge >= 0.3 is 5.97 Å². The van der Waals surface area contributed by atoms with Crippen LogP contribution < -0.4 is 0 Å². The van der Waals surface area contributed by atoms with E-state index in [2.05, 4.69) is 15.0 Å². The molecule has 7 heteroatoms. The molecule has 0 bridgehead atoms. The van der Waals surface area contributed by atoms with Gasteiger partial charge in [-0.05, 0) is 49.3 Å². The van der Waals surface area contributed by atoms with Crippen LogP contribution in [0.5, 0.6) is 0 Å². The van der Waals surface area contributed by atoms with E-state index in [0.29, 0.717) is 23.9 Å². The molecule has 24 heavy (non-hydrogen) atoms. The molecule has 6 nitrogen and oxygen atoms in total. The summed E-state index contributed by atoms with van der Waals surface area (Å²) in [5.41, 5.74) is 1.52. The Bertz CT molecular complexity index is 687. The highest BCUT2D eigenvalue weighted by Crippen LogP contribution is 2.28. The van der Waals surface area contributed by atoms with Gasteiger partial charge in [-0.3, -0.25) is 4.90 Å². The number of hydrogen-bond acceptors (Lipinski definition) is 6. The van der Waals surface area contributed by atoms with E-state index >= 15 is 0 Å². The van der Waals surface area contributed by atoms with Crippen molar-refractivity contribution in [3.63, 3.8) is 0 Å². The summed E-state index contributed by atoms with van der Waals surface area (Å²) in [6.07, 6.45) is 4.24. The molecule has 1 fully saturated rings. The monoisotopic (exact) mass is 347 g/mol. The molecular weight excluding hydrogens is 326 g/mol. The van der Waals surface area contributed by atoms with Crippen molar-refractivity contribution in [3.05, 3.63) is 47.1 Å². The summed E-state index contributed by atoms with van der Waals surface area (Å²) < 4.78 is 5.32. The van der Waals surface area contributed by atoms with E-state index < -0.39 is 5.97 Å². The molecule has 1 N–H and O–H groups in total. The molecule has 1 saturated heterocycles. The highest BCUT2D eigenvalue weighted by molar-refractivity contribution is 7.97. The number of piperidine rings is 1. The van der Waals surface area contributed by atoms with Crippen LogP contribution in [-0.4, -0.2) is 45.5 Å². The zero-order chi connectivity index (χ0) is 16.9. The quantitative estimate of drug-likeness (QED) is 0.860. The number of likely N-dealkylation sites (tertiary alicyclic amines) is 1. The zero-order valence-electron chi connectivity index (χ0n) is 13.6. The number of carboxylic acids is 1. The molecule has 0 radical (unpaired) electrons. The average Bonchev–Trinajstić information content (AvgIpc) is 3.02. The molecule has 0 unspecified atom stereocenters. The van der Waals surface area contributed by atoms with Gasteiger partial charge in [0, 0.05) is 6.54 Å². The molecule has 1 aliphatic heterocycles. The van der Waals surface area contributed by atoms with Crippen molar-refractivity contribution in [2.45, 2.75) is 31.1 Å². The first-order valence-corrected chi connectivity index (χ1v) is 9.41. The summed E-state index contributed by atoms with van der Waals surface area (Å²) in [4.78, 5) is 17.7. The maximum Gasteiger partial charge on any atom is 0.335 e. The van der Waals surface area contributed by atoms with Crippen LogP contribution in [0.1, 0.15) is 46.4 Å². The van der Waals surface area contributed by atoms with Crippen molar-refractivity contribution < 1.29 is 14.4 Å². The number of benzene rings is 1. The van der Waals surface area contributed by atoms with Gasteiger partial charge < -0.3 is 9.63 Å². The van der Waals surface area contributed by atoms with E-state index in [1.807, 2.05) is 18.4 Å². The van der Waals surface area contributed by atoms with E-state index in [1.165, 1.54) is 5.56 Å². The lowest BCUT2D eigenvalue weighted by molar-refractivity contribution is 0.0697. The maximum atomic E-state index is 11.0. The molecule has 2 aromatic rings. The minimum atomic E-state index is -0.885. The fourth-order valence-electron chi connectivity index (χ4n) is 3.10. The fourth-order valence-corrected chi connectivity index (χ4v) is 3.48. The summed E-state index contributed by atoms with van der Waals surface area (Å²) >= 11 is 1.67. The first-order chi connectivity index (χ1) is 11.7. The second kappa shape index (κ2) is 7.81. The van der Waals surface area contributed by atoms with Crippen LogP contribution in [-0.2, 0) is 12.3 Å². The van der Waals surface area contributed by atoms with Crippen molar-refractivity contribution in [3.8, 4) is 0 Å². The maximum absolute atomic E-state index is 11.0. The molecule has 0 saturated carbocycles. The molecule has 1 aromatic heterocycles. The van der Waals surface area contributed by atoms with E-state index in [9.17, 15) is 4.79 Å². The van der Waals surface area contributed by atoms with Gasteiger partial charge in [-0.15, -0.1) is 0 Å². The largest absolute Gasteiger partial charge is 0.478 e. The number of rotatable bonds is 6. The number of thioether (sulfide) groups is 1. The Balaban J connectivity index is 1.62. The number of aromatic nitrogens is 2. The lowest BCUT2D eigenvalue weighted by Gasteiger charge is -2.32. The van der Waals surface area contributed by atoms with Crippen LogP contribution in [0.25, 0.3) is 0 Å². The topological polar surface area (TPSA) is 79.5 Å². The molecule has 0 amide bonds. The second-order valence-electron chi connectivity index (χ2n) is 6.04. The van der Waals surface area contributed by atoms with Gasteiger partial charge in [0.25, 0.3) is 0 Å². The highest BCUT2D eigenvalue weighted by atomic mass is 32.2. The normalized spacial score (nSPS) is 18.6. The fraction of sp³-hybridized carbons (Fsp3) is 0.471. The minimum absolute atomic E-state index is 0.332. The molecule has 0 spiro atoms. The third kappa shape index (κ3) is 4.15. The Morgan fingerprint density at radius 3 is 2.92 bits per heavy atom. The van der Waals surface area contributed by atoms with Crippen LogP contribution in [0.15, 0.2) is 28.8 Å². The van der Waals surface area contributed by atoms with Gasteiger partial charge in [-0.1, -0.05) is 17.3 Å². The molecular formula is C17H21N3O3S. The number of carbonyl (C=O) groups is 1. The molecule has 0 aliphatic carbocycles. The lowest BCUT2D eigenvalue weighted by Crippen LogP contribution is -2.34. The average molecular weight is 347 g/mol. The van der Waals surface area contributed by atoms with Crippen molar-refractivity contribution >= 4 is 17.7 Å². The SMILES string of the molecule is CSCc1noc(CN2CCC[C@H](c3ccc(C(=O)O)cc3)C2)n1. The molecule has 1 aliphatic rings. The Kier molecular flexibility index (Phi) is 5.52. The van der Waals surface area contributed by atoms with Gasteiger partial charge in [0.2, 0.25) is 5.89 Å². The standard InChI is InChI=1S/C17H21N3O3S/c1-24-11-15-18-16(23-19-15)10-20-8-2-3-14(9-20)12-4-6-13(7-5-12)17(21)22/h4-7,14H,2-3,8-11H2,1H3,(H,21,22)/t14-/m0/s1. The Morgan fingerprint density at radius 1 is 1.42 bits per heavy atom. The molecule has 3 rings (SSSR count). The van der Waals surface area contributed by atoms with Gasteiger partial charge in [-0.2, -0.15) is 16.7 Å². The third-order valence-corrected chi connectivity index (χ3v) is 4.82.